The lowest BCUT2D eigenvalue weighted by atomic mass is 9.94. The second-order valence-corrected chi connectivity index (χ2v) is 15.0. The molecule has 0 aliphatic heterocycles. The maximum absolute atomic E-state index is 5.52. The number of aromatic nitrogens is 4. The van der Waals surface area contributed by atoms with Crippen molar-refractivity contribution in [3.8, 4) is 34.0 Å². The van der Waals surface area contributed by atoms with E-state index >= 15 is 0 Å². The Morgan fingerprint density at radius 1 is 0.368 bits per heavy atom. The summed E-state index contributed by atoms with van der Waals surface area (Å²) in [5.41, 5.74) is 12.3. The van der Waals surface area contributed by atoms with Crippen LogP contribution in [-0.2, 0) is 0 Å². The Morgan fingerprint density at radius 2 is 0.947 bits per heavy atom. The zero-order valence-electron chi connectivity index (χ0n) is 31.2. The fraction of sp³-hybridized carbons (Fsp3) is 0.0189. The molecule has 0 radical (unpaired) electrons. The third kappa shape index (κ3) is 4.68. The van der Waals surface area contributed by atoms with E-state index < -0.39 is 0 Å². The van der Waals surface area contributed by atoms with Crippen molar-refractivity contribution in [2.45, 2.75) is 6.92 Å². The predicted molar refractivity (Wildman–Crippen MR) is 239 cm³/mol. The van der Waals surface area contributed by atoms with E-state index in [4.69, 9.17) is 9.97 Å². The first-order valence-corrected chi connectivity index (χ1v) is 19.5. The van der Waals surface area contributed by atoms with Crippen LogP contribution in [0, 0.1) is 6.92 Å². The molecule has 12 rings (SSSR count). The van der Waals surface area contributed by atoms with Gasteiger partial charge in [-0.05, 0) is 88.3 Å². The van der Waals surface area contributed by atoms with Gasteiger partial charge in [0.05, 0.1) is 33.3 Å². The van der Waals surface area contributed by atoms with Gasteiger partial charge >= 0.3 is 0 Å². The fourth-order valence-corrected chi connectivity index (χ4v) is 9.29. The molecule has 3 aromatic heterocycles. The van der Waals surface area contributed by atoms with Crippen LogP contribution in [0.4, 0.5) is 0 Å². The molecule has 0 spiro atoms. The lowest BCUT2D eigenvalue weighted by Gasteiger charge is -2.15. The first-order chi connectivity index (χ1) is 28.2. The topological polar surface area (TPSA) is 35.6 Å². The fourth-order valence-electron chi connectivity index (χ4n) is 9.29. The molecule has 12 aromatic rings. The molecule has 0 saturated heterocycles. The van der Waals surface area contributed by atoms with Crippen molar-refractivity contribution < 1.29 is 0 Å². The summed E-state index contributed by atoms with van der Waals surface area (Å²) in [6.07, 6.45) is 0. The highest BCUT2D eigenvalue weighted by atomic mass is 15.2. The van der Waals surface area contributed by atoms with Crippen molar-refractivity contribution in [1.82, 2.24) is 19.1 Å². The van der Waals surface area contributed by atoms with Gasteiger partial charge in [-0.25, -0.2) is 9.97 Å². The summed E-state index contributed by atoms with van der Waals surface area (Å²) in [5.74, 6) is 0.660. The molecule has 9 aromatic carbocycles. The normalized spacial score (nSPS) is 11.9. The molecule has 4 nitrogen and oxygen atoms in total. The lowest BCUT2D eigenvalue weighted by molar-refractivity contribution is 1.02. The van der Waals surface area contributed by atoms with Gasteiger partial charge in [0.25, 0.3) is 0 Å². The van der Waals surface area contributed by atoms with Crippen LogP contribution in [0.3, 0.4) is 0 Å². The first-order valence-electron chi connectivity index (χ1n) is 19.5. The van der Waals surface area contributed by atoms with Crippen LogP contribution in [0.25, 0.3) is 110 Å². The van der Waals surface area contributed by atoms with Crippen LogP contribution in [0.15, 0.2) is 188 Å². The van der Waals surface area contributed by atoms with Crippen LogP contribution in [0.2, 0.25) is 0 Å². The van der Waals surface area contributed by atoms with E-state index in [-0.39, 0.29) is 0 Å². The minimum absolute atomic E-state index is 0.660. The van der Waals surface area contributed by atoms with Crippen LogP contribution in [0.1, 0.15) is 5.56 Å². The number of hydrogen-bond donors (Lipinski definition) is 0. The van der Waals surface area contributed by atoms with Crippen molar-refractivity contribution in [1.29, 1.82) is 0 Å². The summed E-state index contributed by atoms with van der Waals surface area (Å²) in [5, 5.41) is 10.6. The van der Waals surface area contributed by atoms with Gasteiger partial charge in [0.2, 0.25) is 5.95 Å². The quantitative estimate of drug-likeness (QED) is 0.181. The van der Waals surface area contributed by atoms with Gasteiger partial charge in [-0.1, -0.05) is 140 Å². The van der Waals surface area contributed by atoms with Crippen molar-refractivity contribution in [2.24, 2.45) is 0 Å². The molecule has 0 aliphatic carbocycles. The number of rotatable bonds is 4. The van der Waals surface area contributed by atoms with Crippen molar-refractivity contribution >= 4 is 76.1 Å². The Balaban J connectivity index is 1.14. The van der Waals surface area contributed by atoms with Crippen LogP contribution < -0.4 is 0 Å². The van der Waals surface area contributed by atoms with Crippen molar-refractivity contribution in [3.63, 3.8) is 0 Å². The molecule has 0 unspecified atom stereocenters. The van der Waals surface area contributed by atoms with E-state index in [1.807, 2.05) is 0 Å². The smallest absolute Gasteiger partial charge is 0.235 e. The Kier molecular flexibility index (Phi) is 6.81. The third-order valence-electron chi connectivity index (χ3n) is 11.9. The number of nitrogens with zero attached hydrogens (tertiary/aromatic N) is 4. The van der Waals surface area contributed by atoms with Crippen molar-refractivity contribution in [3.05, 3.63) is 194 Å². The summed E-state index contributed by atoms with van der Waals surface area (Å²) in [6.45, 7) is 2.17. The number of benzene rings is 9. The van der Waals surface area contributed by atoms with Gasteiger partial charge in [-0.3, -0.25) is 4.57 Å². The molecule has 57 heavy (non-hydrogen) atoms. The number of fused-ring (bicyclic) bond motifs is 10. The summed E-state index contributed by atoms with van der Waals surface area (Å²) in [6, 6.07) is 67.7. The van der Waals surface area contributed by atoms with Crippen LogP contribution >= 0.6 is 0 Å². The summed E-state index contributed by atoms with van der Waals surface area (Å²) in [4.78, 5) is 10.9. The highest BCUT2D eigenvalue weighted by molar-refractivity contribution is 6.22. The monoisotopic (exact) mass is 726 g/mol. The highest BCUT2D eigenvalue weighted by Gasteiger charge is 2.22. The summed E-state index contributed by atoms with van der Waals surface area (Å²) >= 11 is 0. The zero-order chi connectivity index (χ0) is 37.6. The first kappa shape index (κ1) is 31.8. The molecular formula is C53H34N4. The zero-order valence-corrected chi connectivity index (χ0v) is 31.2. The van der Waals surface area contributed by atoms with E-state index in [1.165, 1.54) is 65.4 Å². The Morgan fingerprint density at radius 3 is 1.72 bits per heavy atom. The van der Waals surface area contributed by atoms with Gasteiger partial charge < -0.3 is 4.57 Å². The maximum atomic E-state index is 5.52. The van der Waals surface area contributed by atoms with Crippen LogP contribution in [-0.4, -0.2) is 19.1 Å². The van der Waals surface area contributed by atoms with E-state index in [9.17, 15) is 0 Å². The predicted octanol–water partition coefficient (Wildman–Crippen LogP) is 13.8. The van der Waals surface area contributed by atoms with Gasteiger partial charge in [0.15, 0.2) is 0 Å². The van der Waals surface area contributed by atoms with Gasteiger partial charge in [0, 0.05) is 43.6 Å². The Bertz CT molecular complexity index is 3590. The van der Waals surface area contributed by atoms with Gasteiger partial charge in [-0.2, -0.15) is 0 Å². The molecule has 3 heterocycles. The maximum Gasteiger partial charge on any atom is 0.235 e. The standard InChI is InChI=1S/C53H34N4/c1-33-27-29-41(37-18-6-5-17-36(33)37)51-43-23-9-12-24-47(43)54-53(55-51)57-49-26-14-11-21-40(49)46-32-44(38-19-7-8-22-42(38)52(46)57)34-28-30-50-45(31-34)39-20-10-13-25-48(39)56(50)35-15-3-2-4-16-35/h2-32H,1H3. The molecule has 0 atom stereocenters. The Hall–Kier alpha value is -7.56. The number of para-hydroxylation sites is 4. The minimum Gasteiger partial charge on any atom is -0.309 e. The van der Waals surface area contributed by atoms with Crippen molar-refractivity contribution in [2.75, 3.05) is 0 Å². The van der Waals surface area contributed by atoms with E-state index in [0.29, 0.717) is 5.95 Å². The van der Waals surface area contributed by atoms with E-state index in [2.05, 4.69) is 204 Å². The van der Waals surface area contributed by atoms with Gasteiger partial charge in [-0.15, -0.1) is 0 Å². The van der Waals surface area contributed by atoms with E-state index in [0.717, 1.165) is 44.3 Å². The molecule has 0 N–H and O–H groups in total. The highest BCUT2D eigenvalue weighted by Crippen LogP contribution is 2.43. The molecule has 4 heteroatoms. The minimum atomic E-state index is 0.660. The van der Waals surface area contributed by atoms with Crippen LogP contribution in [0.5, 0.6) is 0 Å². The number of aryl methyl sites for hydroxylation is 1. The molecule has 266 valence electrons. The molecule has 0 aliphatic rings. The molecule has 0 amide bonds. The lowest BCUT2D eigenvalue weighted by Crippen LogP contribution is -2.04. The molecular weight excluding hydrogens is 693 g/mol. The molecule has 0 saturated carbocycles. The molecule has 0 bridgehead atoms. The average Bonchev–Trinajstić information content (AvgIpc) is 3.79. The summed E-state index contributed by atoms with van der Waals surface area (Å²) < 4.78 is 4.67. The second-order valence-electron chi connectivity index (χ2n) is 15.0. The van der Waals surface area contributed by atoms with Gasteiger partial charge in [0.1, 0.15) is 0 Å². The van der Waals surface area contributed by atoms with E-state index in [1.54, 1.807) is 0 Å². The average molecular weight is 727 g/mol. The SMILES string of the molecule is Cc1ccc(-c2nc(-n3c4ccccc4c4cc(-c5ccc6c(c5)c5ccccc5n6-c5ccccc5)c5ccccc5c43)nc3ccccc23)c2ccccc12. The molecule has 0 fully saturated rings. The number of hydrogen-bond acceptors (Lipinski definition) is 2. The second kappa shape index (κ2) is 12.2. The largest absolute Gasteiger partial charge is 0.309 e. The Labute approximate surface area is 328 Å². The summed E-state index contributed by atoms with van der Waals surface area (Å²) in [7, 11) is 0. The third-order valence-corrected chi connectivity index (χ3v) is 11.9.